The fraction of sp³-hybridized carbons (Fsp3) is 0.200. The third-order valence-corrected chi connectivity index (χ3v) is 8.33. The third-order valence-electron chi connectivity index (χ3n) is 6.47. The van der Waals surface area contributed by atoms with Gasteiger partial charge in [0, 0.05) is 46.3 Å². The van der Waals surface area contributed by atoms with Crippen LogP contribution in [0.4, 0.5) is 11.4 Å². The van der Waals surface area contributed by atoms with E-state index in [0.717, 1.165) is 46.7 Å². The zero-order valence-corrected chi connectivity index (χ0v) is 18.7. The first-order valence-corrected chi connectivity index (χ1v) is 12.3. The number of carbonyl (C=O) groups is 2. The summed E-state index contributed by atoms with van der Waals surface area (Å²) in [6.45, 7) is 1.23. The fourth-order valence-electron chi connectivity index (χ4n) is 5.05. The van der Waals surface area contributed by atoms with Gasteiger partial charge in [0.15, 0.2) is 0 Å². The van der Waals surface area contributed by atoms with Gasteiger partial charge >= 0.3 is 0 Å². The van der Waals surface area contributed by atoms with Crippen molar-refractivity contribution in [3.63, 3.8) is 0 Å². The van der Waals surface area contributed by atoms with Crippen LogP contribution in [0, 0.1) is 0 Å². The standard InChI is InChI=1S/C25H20N2O5S/c1-14(28)27(15-9-11-22-19(13-15)16-5-2-3-8-21(16)32-22)33(30,31)23-12-10-20-24-17(23)6-4-7-18(24)25(29)26-20/h4,6-7,9-13H,2-3,5,8H2,1H3,(H,26,29). The van der Waals surface area contributed by atoms with Gasteiger partial charge in [-0.2, -0.15) is 0 Å². The van der Waals surface area contributed by atoms with Crippen LogP contribution in [0.5, 0.6) is 0 Å². The van der Waals surface area contributed by atoms with Gasteiger partial charge in [0.2, 0.25) is 5.91 Å². The number of fused-ring (bicyclic) bond motifs is 3. The van der Waals surface area contributed by atoms with E-state index in [4.69, 9.17) is 4.42 Å². The molecule has 0 radical (unpaired) electrons. The van der Waals surface area contributed by atoms with E-state index in [2.05, 4.69) is 5.32 Å². The molecule has 2 amide bonds. The Morgan fingerprint density at radius 1 is 1.03 bits per heavy atom. The first-order valence-electron chi connectivity index (χ1n) is 10.8. The minimum absolute atomic E-state index is 0.0240. The van der Waals surface area contributed by atoms with Crippen LogP contribution >= 0.6 is 0 Å². The molecule has 1 aliphatic heterocycles. The molecule has 8 heteroatoms. The summed E-state index contributed by atoms with van der Waals surface area (Å²) in [6, 6.07) is 13.0. The Morgan fingerprint density at radius 2 is 1.85 bits per heavy atom. The van der Waals surface area contributed by atoms with E-state index in [1.54, 1.807) is 42.5 Å². The number of hydrogen-bond donors (Lipinski definition) is 1. The lowest BCUT2D eigenvalue weighted by molar-refractivity contribution is -0.115. The predicted molar refractivity (Wildman–Crippen MR) is 125 cm³/mol. The van der Waals surface area contributed by atoms with Gasteiger partial charge in [-0.15, -0.1) is 0 Å². The second-order valence-electron chi connectivity index (χ2n) is 8.47. The van der Waals surface area contributed by atoms with Gasteiger partial charge in [0.05, 0.1) is 10.6 Å². The number of furan rings is 1. The topological polar surface area (TPSA) is 96.7 Å². The minimum atomic E-state index is -4.26. The first kappa shape index (κ1) is 20.0. The molecule has 0 atom stereocenters. The highest BCUT2D eigenvalue weighted by Crippen LogP contribution is 2.39. The molecule has 2 heterocycles. The van der Waals surface area contributed by atoms with Crippen molar-refractivity contribution in [1.82, 2.24) is 0 Å². The van der Waals surface area contributed by atoms with Crippen molar-refractivity contribution in [3.8, 4) is 0 Å². The van der Waals surface area contributed by atoms with Gasteiger partial charge < -0.3 is 9.73 Å². The van der Waals surface area contributed by atoms with E-state index < -0.39 is 15.9 Å². The lowest BCUT2D eigenvalue weighted by Gasteiger charge is -2.22. The first-order chi connectivity index (χ1) is 15.9. The number of nitrogens with one attached hydrogen (secondary N) is 1. The van der Waals surface area contributed by atoms with Crippen LogP contribution in [-0.4, -0.2) is 20.2 Å². The van der Waals surface area contributed by atoms with Gasteiger partial charge in [-0.25, -0.2) is 12.7 Å². The Kier molecular flexibility index (Phi) is 4.19. The Hall–Kier alpha value is -3.65. The number of rotatable bonds is 3. The molecule has 3 aromatic carbocycles. The molecule has 0 spiro atoms. The number of carbonyl (C=O) groups excluding carboxylic acids is 2. The molecule has 0 bridgehead atoms. The summed E-state index contributed by atoms with van der Waals surface area (Å²) in [4.78, 5) is 24.9. The van der Waals surface area contributed by atoms with E-state index in [0.29, 0.717) is 27.6 Å². The molecule has 33 heavy (non-hydrogen) atoms. The van der Waals surface area contributed by atoms with Crippen LogP contribution < -0.4 is 9.62 Å². The number of nitrogens with zero attached hydrogens (tertiary/aromatic N) is 1. The average molecular weight is 461 g/mol. The fourth-order valence-corrected chi connectivity index (χ4v) is 6.67. The van der Waals surface area contributed by atoms with Gasteiger partial charge in [0.1, 0.15) is 11.3 Å². The Balaban J connectivity index is 1.55. The molecule has 6 rings (SSSR count). The second-order valence-corrected chi connectivity index (χ2v) is 10.2. The van der Waals surface area contributed by atoms with Crippen molar-refractivity contribution < 1.29 is 22.4 Å². The average Bonchev–Trinajstić information content (AvgIpc) is 3.32. The summed E-state index contributed by atoms with van der Waals surface area (Å²) in [5, 5.41) is 4.55. The van der Waals surface area contributed by atoms with Crippen LogP contribution in [-0.2, 0) is 27.7 Å². The summed E-state index contributed by atoms with van der Waals surface area (Å²) in [7, 11) is -4.26. The molecule has 4 aromatic rings. The zero-order chi connectivity index (χ0) is 22.9. The Morgan fingerprint density at radius 3 is 2.67 bits per heavy atom. The number of hydrogen-bond acceptors (Lipinski definition) is 5. The molecule has 1 aliphatic carbocycles. The summed E-state index contributed by atoms with van der Waals surface area (Å²) >= 11 is 0. The minimum Gasteiger partial charge on any atom is -0.461 e. The largest absolute Gasteiger partial charge is 0.461 e. The molecule has 0 saturated carbocycles. The highest BCUT2D eigenvalue weighted by atomic mass is 32.2. The van der Waals surface area contributed by atoms with Crippen LogP contribution in [0.1, 0.15) is 41.4 Å². The van der Waals surface area contributed by atoms with Crippen molar-refractivity contribution >= 4 is 55.0 Å². The molecule has 166 valence electrons. The van der Waals surface area contributed by atoms with Gasteiger partial charge in [-0.1, -0.05) is 12.1 Å². The smallest absolute Gasteiger partial charge is 0.271 e. The molecule has 0 saturated heterocycles. The Bertz CT molecular complexity index is 1620. The van der Waals surface area contributed by atoms with E-state index >= 15 is 0 Å². The number of anilines is 2. The molecule has 7 nitrogen and oxygen atoms in total. The summed E-state index contributed by atoms with van der Waals surface area (Å²) in [6.07, 6.45) is 3.85. The number of benzene rings is 3. The van der Waals surface area contributed by atoms with Crippen molar-refractivity contribution in [2.75, 3.05) is 9.62 Å². The van der Waals surface area contributed by atoms with E-state index in [9.17, 15) is 18.0 Å². The number of sulfonamides is 1. The number of amides is 2. The van der Waals surface area contributed by atoms with Crippen LogP contribution in [0.2, 0.25) is 0 Å². The SMILES string of the molecule is CC(=O)N(c1ccc2oc3c(c2c1)CCCC3)S(=O)(=O)c1ccc2c3c(cccc13)C(=O)N2. The molecule has 2 aliphatic rings. The molecule has 0 fully saturated rings. The maximum Gasteiger partial charge on any atom is 0.271 e. The molecule has 1 N–H and O–H groups in total. The Labute approximate surface area is 190 Å². The maximum absolute atomic E-state index is 13.9. The maximum atomic E-state index is 13.9. The summed E-state index contributed by atoms with van der Waals surface area (Å²) in [5.74, 6) is 0.0447. The highest BCUT2D eigenvalue weighted by molar-refractivity contribution is 7.93. The predicted octanol–water partition coefficient (Wildman–Crippen LogP) is 4.77. The third kappa shape index (κ3) is 2.83. The molecular weight excluding hydrogens is 440 g/mol. The number of aryl methyl sites for hydroxylation is 2. The molecular formula is C25H20N2O5S. The van der Waals surface area contributed by atoms with Crippen molar-refractivity contribution in [2.45, 2.75) is 37.5 Å². The van der Waals surface area contributed by atoms with Crippen molar-refractivity contribution in [1.29, 1.82) is 0 Å². The van der Waals surface area contributed by atoms with Crippen LogP contribution in [0.15, 0.2) is 57.8 Å². The molecule has 0 unspecified atom stereocenters. The van der Waals surface area contributed by atoms with E-state index in [1.165, 1.54) is 13.0 Å². The highest BCUT2D eigenvalue weighted by Gasteiger charge is 2.33. The molecule has 1 aromatic heterocycles. The van der Waals surface area contributed by atoms with Crippen LogP contribution in [0.25, 0.3) is 21.7 Å². The monoisotopic (exact) mass is 460 g/mol. The van der Waals surface area contributed by atoms with Crippen molar-refractivity contribution in [3.05, 3.63) is 65.4 Å². The van der Waals surface area contributed by atoms with E-state index in [-0.39, 0.29) is 16.5 Å². The van der Waals surface area contributed by atoms with Gasteiger partial charge in [0.25, 0.3) is 15.9 Å². The quantitative estimate of drug-likeness (QED) is 0.475. The normalized spacial score (nSPS) is 15.0. The summed E-state index contributed by atoms with van der Waals surface area (Å²) in [5.41, 5.74) is 3.03. The van der Waals surface area contributed by atoms with Crippen molar-refractivity contribution in [2.24, 2.45) is 0 Å². The lowest BCUT2D eigenvalue weighted by atomic mass is 9.96. The van der Waals surface area contributed by atoms with E-state index in [1.807, 2.05) is 0 Å². The summed E-state index contributed by atoms with van der Waals surface area (Å²) < 4.78 is 34.5. The van der Waals surface area contributed by atoms with Gasteiger partial charge in [-0.3, -0.25) is 9.59 Å². The lowest BCUT2D eigenvalue weighted by Crippen LogP contribution is -2.35. The van der Waals surface area contributed by atoms with Gasteiger partial charge in [-0.05, 0) is 55.7 Å². The van der Waals surface area contributed by atoms with Crippen LogP contribution in [0.3, 0.4) is 0 Å². The zero-order valence-electron chi connectivity index (χ0n) is 17.8. The second kappa shape index (κ2) is 6.92.